The number of carbonyl (C=O) groups excluding carboxylic acids is 1. The highest BCUT2D eigenvalue weighted by Crippen LogP contribution is 2.28. The van der Waals surface area contributed by atoms with Crippen molar-refractivity contribution in [3.63, 3.8) is 0 Å². The van der Waals surface area contributed by atoms with Gasteiger partial charge in [-0.1, -0.05) is 5.16 Å². The number of methoxy groups -OCH3 is 1. The molecule has 2 aromatic rings. The van der Waals surface area contributed by atoms with Crippen LogP contribution in [0.15, 0.2) is 22.7 Å². The number of aromatic nitrogens is 2. The van der Waals surface area contributed by atoms with E-state index in [1.54, 1.807) is 32.2 Å². The van der Waals surface area contributed by atoms with Crippen LogP contribution in [0.1, 0.15) is 17.5 Å². The monoisotopic (exact) mass is 262 g/mol. The SMILES string of the molecule is CCNC(=O)c1noc(-c2cc(OC)ccc2N)n1. The molecule has 0 radical (unpaired) electrons. The fourth-order valence-corrected chi connectivity index (χ4v) is 1.51. The van der Waals surface area contributed by atoms with Crippen molar-refractivity contribution in [1.29, 1.82) is 0 Å². The van der Waals surface area contributed by atoms with Crippen molar-refractivity contribution in [1.82, 2.24) is 15.5 Å². The van der Waals surface area contributed by atoms with Gasteiger partial charge in [0.25, 0.3) is 17.6 Å². The Labute approximate surface area is 109 Å². The molecule has 0 saturated heterocycles. The van der Waals surface area contributed by atoms with Crippen LogP contribution in [-0.4, -0.2) is 29.7 Å². The molecule has 1 heterocycles. The highest BCUT2D eigenvalue weighted by Gasteiger charge is 2.17. The number of anilines is 1. The summed E-state index contributed by atoms with van der Waals surface area (Å²) in [6.07, 6.45) is 0. The average molecular weight is 262 g/mol. The maximum Gasteiger partial charge on any atom is 0.292 e. The first-order valence-corrected chi connectivity index (χ1v) is 5.71. The van der Waals surface area contributed by atoms with Crippen molar-refractivity contribution in [2.24, 2.45) is 0 Å². The van der Waals surface area contributed by atoms with Crippen LogP contribution in [0.4, 0.5) is 5.69 Å². The molecule has 0 aliphatic rings. The number of nitrogens with one attached hydrogen (secondary N) is 1. The quantitative estimate of drug-likeness (QED) is 0.799. The molecular weight excluding hydrogens is 248 g/mol. The highest BCUT2D eigenvalue weighted by molar-refractivity contribution is 5.90. The van der Waals surface area contributed by atoms with E-state index in [0.717, 1.165) is 0 Å². The molecule has 2 rings (SSSR count). The lowest BCUT2D eigenvalue weighted by Gasteiger charge is -2.03. The zero-order valence-corrected chi connectivity index (χ0v) is 10.6. The lowest BCUT2D eigenvalue weighted by Crippen LogP contribution is -2.23. The number of nitrogen functional groups attached to an aromatic ring is 1. The van der Waals surface area contributed by atoms with Gasteiger partial charge >= 0.3 is 0 Å². The summed E-state index contributed by atoms with van der Waals surface area (Å²) in [6, 6.07) is 5.06. The minimum absolute atomic E-state index is 0.0286. The van der Waals surface area contributed by atoms with Crippen molar-refractivity contribution < 1.29 is 14.1 Å². The lowest BCUT2D eigenvalue weighted by molar-refractivity contribution is 0.0942. The molecule has 100 valence electrons. The van der Waals surface area contributed by atoms with Crippen molar-refractivity contribution >= 4 is 11.6 Å². The predicted molar refractivity (Wildman–Crippen MR) is 68.7 cm³/mol. The number of nitrogens with zero attached hydrogens (tertiary/aromatic N) is 2. The second-order valence-corrected chi connectivity index (χ2v) is 3.74. The van der Waals surface area contributed by atoms with Gasteiger partial charge in [0, 0.05) is 12.2 Å². The molecule has 0 bridgehead atoms. The van der Waals surface area contributed by atoms with Gasteiger partial charge in [-0.3, -0.25) is 4.79 Å². The Morgan fingerprint density at radius 2 is 2.32 bits per heavy atom. The average Bonchev–Trinajstić information content (AvgIpc) is 2.89. The Balaban J connectivity index is 2.34. The molecule has 0 aliphatic heterocycles. The first-order chi connectivity index (χ1) is 9.15. The van der Waals surface area contributed by atoms with Gasteiger partial charge in [0.1, 0.15) is 5.75 Å². The van der Waals surface area contributed by atoms with Gasteiger partial charge in [-0.15, -0.1) is 0 Å². The van der Waals surface area contributed by atoms with Gasteiger partial charge in [-0.25, -0.2) is 0 Å². The van der Waals surface area contributed by atoms with Gasteiger partial charge < -0.3 is 20.3 Å². The molecule has 0 saturated carbocycles. The van der Waals surface area contributed by atoms with Gasteiger partial charge in [0.05, 0.1) is 12.7 Å². The molecule has 0 fully saturated rings. The highest BCUT2D eigenvalue weighted by atomic mass is 16.5. The van der Waals surface area contributed by atoms with Gasteiger partial charge in [-0.05, 0) is 25.1 Å². The van der Waals surface area contributed by atoms with Crippen molar-refractivity contribution in [2.75, 3.05) is 19.4 Å². The third kappa shape index (κ3) is 2.65. The molecule has 0 aliphatic carbocycles. The Bertz CT molecular complexity index is 594. The van der Waals surface area contributed by atoms with Crippen molar-refractivity contribution in [2.45, 2.75) is 6.92 Å². The molecule has 1 amide bonds. The molecule has 7 nitrogen and oxygen atoms in total. The van der Waals surface area contributed by atoms with E-state index >= 15 is 0 Å². The predicted octanol–water partition coefficient (Wildman–Crippen LogP) is 1.08. The van der Waals surface area contributed by atoms with Crippen LogP contribution in [-0.2, 0) is 0 Å². The van der Waals surface area contributed by atoms with Gasteiger partial charge in [0.2, 0.25) is 0 Å². The molecule has 3 N–H and O–H groups in total. The normalized spacial score (nSPS) is 10.2. The molecule has 19 heavy (non-hydrogen) atoms. The van der Waals surface area contributed by atoms with E-state index in [-0.39, 0.29) is 17.6 Å². The van der Waals surface area contributed by atoms with E-state index in [2.05, 4.69) is 15.5 Å². The van der Waals surface area contributed by atoms with Crippen LogP contribution in [0.2, 0.25) is 0 Å². The van der Waals surface area contributed by atoms with Crippen LogP contribution in [0.3, 0.4) is 0 Å². The second kappa shape index (κ2) is 5.38. The summed E-state index contributed by atoms with van der Waals surface area (Å²) in [5, 5.41) is 6.20. The molecule has 0 unspecified atom stereocenters. The molecule has 0 atom stereocenters. The summed E-state index contributed by atoms with van der Waals surface area (Å²) in [4.78, 5) is 15.6. The summed E-state index contributed by atoms with van der Waals surface area (Å²) in [5.74, 6) is 0.373. The lowest BCUT2D eigenvalue weighted by atomic mass is 10.1. The number of amides is 1. The number of nitrogens with two attached hydrogens (primary N) is 1. The summed E-state index contributed by atoms with van der Waals surface area (Å²) >= 11 is 0. The van der Waals surface area contributed by atoms with Crippen LogP contribution < -0.4 is 15.8 Å². The second-order valence-electron chi connectivity index (χ2n) is 3.74. The maximum absolute atomic E-state index is 11.5. The van der Waals surface area contributed by atoms with Crippen LogP contribution >= 0.6 is 0 Å². The van der Waals surface area contributed by atoms with E-state index in [0.29, 0.717) is 23.5 Å². The summed E-state index contributed by atoms with van der Waals surface area (Å²) < 4.78 is 10.1. The smallest absolute Gasteiger partial charge is 0.292 e. The molecule has 1 aromatic carbocycles. The van der Waals surface area contributed by atoms with Gasteiger partial charge in [-0.2, -0.15) is 4.98 Å². The third-order valence-electron chi connectivity index (χ3n) is 2.46. The summed E-state index contributed by atoms with van der Waals surface area (Å²) in [5.41, 5.74) is 6.83. The number of hydrogen-bond donors (Lipinski definition) is 2. The van der Waals surface area contributed by atoms with E-state index in [1.165, 1.54) is 0 Å². The Morgan fingerprint density at radius 1 is 1.53 bits per heavy atom. The van der Waals surface area contributed by atoms with Crippen molar-refractivity contribution in [3.8, 4) is 17.2 Å². The number of carbonyl (C=O) groups is 1. The number of ether oxygens (including phenoxy) is 1. The molecule has 1 aromatic heterocycles. The van der Waals surface area contributed by atoms with E-state index in [1.807, 2.05) is 0 Å². The first-order valence-electron chi connectivity index (χ1n) is 5.71. The van der Waals surface area contributed by atoms with Crippen LogP contribution in [0, 0.1) is 0 Å². The molecule has 7 heteroatoms. The zero-order valence-electron chi connectivity index (χ0n) is 10.6. The van der Waals surface area contributed by atoms with Crippen LogP contribution in [0.5, 0.6) is 5.75 Å². The topological polar surface area (TPSA) is 103 Å². The standard InChI is InChI=1S/C12H14N4O3/c1-3-14-11(17)10-15-12(19-16-10)8-6-7(18-2)4-5-9(8)13/h4-6H,3,13H2,1-2H3,(H,14,17). The maximum atomic E-state index is 11.5. The summed E-state index contributed by atoms with van der Waals surface area (Å²) in [6.45, 7) is 2.29. The minimum atomic E-state index is -0.390. The fourth-order valence-electron chi connectivity index (χ4n) is 1.51. The largest absolute Gasteiger partial charge is 0.497 e. The number of hydrogen-bond acceptors (Lipinski definition) is 6. The number of benzene rings is 1. The van der Waals surface area contributed by atoms with Crippen molar-refractivity contribution in [3.05, 3.63) is 24.0 Å². The Morgan fingerprint density at radius 3 is 3.00 bits per heavy atom. The van der Waals surface area contributed by atoms with E-state index in [9.17, 15) is 4.79 Å². The third-order valence-corrected chi connectivity index (χ3v) is 2.46. The fraction of sp³-hybridized carbons (Fsp3) is 0.250. The van der Waals surface area contributed by atoms with E-state index < -0.39 is 0 Å². The Hall–Kier alpha value is -2.57. The number of rotatable bonds is 4. The first kappa shape index (κ1) is 12.9. The zero-order chi connectivity index (χ0) is 13.8. The molecular formula is C12H14N4O3. The summed E-state index contributed by atoms with van der Waals surface area (Å²) in [7, 11) is 1.54. The van der Waals surface area contributed by atoms with Gasteiger partial charge in [0.15, 0.2) is 0 Å². The van der Waals surface area contributed by atoms with E-state index in [4.69, 9.17) is 15.0 Å². The Kier molecular flexibility index (Phi) is 3.65. The van der Waals surface area contributed by atoms with Crippen LogP contribution in [0.25, 0.3) is 11.5 Å². The molecule has 0 spiro atoms. The minimum Gasteiger partial charge on any atom is -0.497 e.